The number of carbonyl (C=O) groups is 4. The predicted molar refractivity (Wildman–Crippen MR) is 144 cm³/mol. The highest BCUT2D eigenvalue weighted by molar-refractivity contribution is 6.31. The standard InChI is InChI=1S/C29H33ClO11/c1-16(31)37-15-25-26(38-17(2)32)27(39-18(3)33)28(40-19(4)34)29(36-6,41-25)22-9-12-24(30)21(14-22)13-20-7-10-23(35-5)11-8-20/h7-12,14,25-28H,13,15H2,1-6H3/t25-,26-,27?,28-,29?/m1/s1. The Labute approximate surface area is 242 Å². The van der Waals surface area contributed by atoms with E-state index in [2.05, 4.69) is 0 Å². The molecule has 0 saturated carbocycles. The highest BCUT2D eigenvalue weighted by Crippen LogP contribution is 2.44. The minimum Gasteiger partial charge on any atom is -0.497 e. The lowest BCUT2D eigenvalue weighted by Gasteiger charge is -2.50. The Kier molecular flexibility index (Phi) is 10.7. The van der Waals surface area contributed by atoms with Crippen LogP contribution in [0.2, 0.25) is 5.02 Å². The summed E-state index contributed by atoms with van der Waals surface area (Å²) in [6.07, 6.45) is -4.97. The Morgan fingerprint density at radius 2 is 1.44 bits per heavy atom. The van der Waals surface area contributed by atoms with Crippen molar-refractivity contribution in [2.75, 3.05) is 20.8 Å². The topological polar surface area (TPSA) is 133 Å². The summed E-state index contributed by atoms with van der Waals surface area (Å²) < 4.78 is 39.4. The number of methoxy groups -OCH3 is 2. The summed E-state index contributed by atoms with van der Waals surface area (Å²) in [5.74, 6) is -4.07. The highest BCUT2D eigenvalue weighted by Gasteiger charge is 2.61. The first-order valence-corrected chi connectivity index (χ1v) is 13.1. The average molecular weight is 593 g/mol. The molecule has 0 aromatic heterocycles. The molecule has 0 spiro atoms. The van der Waals surface area contributed by atoms with Gasteiger partial charge in [0.2, 0.25) is 11.9 Å². The van der Waals surface area contributed by atoms with E-state index in [1.165, 1.54) is 14.0 Å². The predicted octanol–water partition coefficient (Wildman–Crippen LogP) is 3.50. The van der Waals surface area contributed by atoms with Gasteiger partial charge in [-0.3, -0.25) is 19.2 Å². The van der Waals surface area contributed by atoms with E-state index in [0.29, 0.717) is 28.3 Å². The van der Waals surface area contributed by atoms with Crippen molar-refractivity contribution in [2.24, 2.45) is 0 Å². The molecule has 222 valence electrons. The van der Waals surface area contributed by atoms with Crippen LogP contribution in [0, 0.1) is 0 Å². The number of ether oxygens (including phenoxy) is 7. The quantitative estimate of drug-likeness (QED) is 0.296. The van der Waals surface area contributed by atoms with Crippen LogP contribution in [0.1, 0.15) is 44.4 Å². The summed E-state index contributed by atoms with van der Waals surface area (Å²) in [4.78, 5) is 48.3. The molecular formula is C29H33ClO11. The first kappa shape index (κ1) is 31.9. The minimum absolute atomic E-state index is 0.352. The molecule has 0 N–H and O–H groups in total. The van der Waals surface area contributed by atoms with Crippen molar-refractivity contribution in [3.05, 3.63) is 64.2 Å². The summed E-state index contributed by atoms with van der Waals surface area (Å²) in [5.41, 5.74) is 1.96. The number of hydrogen-bond acceptors (Lipinski definition) is 11. The third kappa shape index (κ3) is 7.75. The molecule has 2 aromatic carbocycles. The lowest BCUT2D eigenvalue weighted by Crippen LogP contribution is -2.67. The van der Waals surface area contributed by atoms with Crippen molar-refractivity contribution in [3.8, 4) is 5.75 Å². The van der Waals surface area contributed by atoms with Gasteiger partial charge >= 0.3 is 23.9 Å². The summed E-state index contributed by atoms with van der Waals surface area (Å²) in [6, 6.07) is 12.4. The summed E-state index contributed by atoms with van der Waals surface area (Å²) in [7, 11) is 2.89. The number of hydrogen-bond donors (Lipinski definition) is 0. The number of carbonyl (C=O) groups excluding carboxylic acids is 4. The van der Waals surface area contributed by atoms with Crippen LogP contribution in [0.5, 0.6) is 5.75 Å². The van der Waals surface area contributed by atoms with Gasteiger partial charge in [0.1, 0.15) is 18.5 Å². The zero-order chi connectivity index (χ0) is 30.3. The van der Waals surface area contributed by atoms with Crippen LogP contribution in [0.15, 0.2) is 42.5 Å². The van der Waals surface area contributed by atoms with Gasteiger partial charge < -0.3 is 33.2 Å². The third-order valence-electron chi connectivity index (χ3n) is 6.34. The minimum atomic E-state index is -1.91. The maximum absolute atomic E-state index is 12.3. The molecule has 0 amide bonds. The fraction of sp³-hybridized carbons (Fsp3) is 0.448. The normalized spacial score (nSPS) is 23.7. The fourth-order valence-electron chi connectivity index (χ4n) is 4.67. The first-order chi connectivity index (χ1) is 19.4. The van der Waals surface area contributed by atoms with Gasteiger partial charge in [-0.1, -0.05) is 29.8 Å². The molecule has 11 nitrogen and oxygen atoms in total. The number of rotatable bonds is 10. The number of benzene rings is 2. The molecule has 2 aromatic rings. The van der Waals surface area contributed by atoms with E-state index in [4.69, 9.17) is 44.8 Å². The van der Waals surface area contributed by atoms with Crippen molar-refractivity contribution >= 4 is 35.5 Å². The molecule has 5 atom stereocenters. The Bertz CT molecular complexity index is 1260. The van der Waals surface area contributed by atoms with Gasteiger partial charge in [0.15, 0.2) is 12.2 Å². The van der Waals surface area contributed by atoms with Gasteiger partial charge in [0.05, 0.1) is 7.11 Å². The molecule has 3 rings (SSSR count). The molecule has 1 aliphatic heterocycles. The van der Waals surface area contributed by atoms with Gasteiger partial charge in [-0.25, -0.2) is 0 Å². The molecule has 1 heterocycles. The van der Waals surface area contributed by atoms with Gasteiger partial charge in [0.25, 0.3) is 0 Å². The van der Waals surface area contributed by atoms with E-state index < -0.39 is 60.7 Å². The monoisotopic (exact) mass is 592 g/mol. The Balaban J connectivity index is 2.17. The van der Waals surface area contributed by atoms with E-state index in [-0.39, 0.29) is 0 Å². The fourth-order valence-corrected chi connectivity index (χ4v) is 4.86. The van der Waals surface area contributed by atoms with Crippen molar-refractivity contribution in [3.63, 3.8) is 0 Å². The Morgan fingerprint density at radius 3 is 1.98 bits per heavy atom. The van der Waals surface area contributed by atoms with E-state index >= 15 is 0 Å². The van der Waals surface area contributed by atoms with E-state index in [1.807, 2.05) is 24.3 Å². The second-order valence-corrected chi connectivity index (χ2v) is 9.75. The van der Waals surface area contributed by atoms with Crippen LogP contribution < -0.4 is 4.74 Å². The zero-order valence-electron chi connectivity index (χ0n) is 23.6. The maximum atomic E-state index is 12.3. The number of esters is 4. The summed E-state index contributed by atoms with van der Waals surface area (Å²) in [5, 5.41) is 0.446. The molecule has 0 aliphatic carbocycles. The van der Waals surface area contributed by atoms with E-state index in [9.17, 15) is 19.2 Å². The number of halogens is 1. The van der Waals surface area contributed by atoms with Gasteiger partial charge in [-0.15, -0.1) is 0 Å². The SMILES string of the molecule is COc1ccc(Cc2cc(C3(OC)O[C@H](COC(C)=O)[C@@H](OC(C)=O)C(OC(C)=O)[C@H]3OC(C)=O)ccc2Cl)cc1. The lowest BCUT2D eigenvalue weighted by atomic mass is 9.86. The second-order valence-electron chi connectivity index (χ2n) is 9.34. The molecule has 0 bridgehead atoms. The Morgan fingerprint density at radius 1 is 0.829 bits per heavy atom. The zero-order valence-corrected chi connectivity index (χ0v) is 24.4. The molecule has 1 fully saturated rings. The van der Waals surface area contributed by atoms with Crippen molar-refractivity contribution in [1.29, 1.82) is 0 Å². The molecule has 1 aliphatic rings. The van der Waals surface area contributed by atoms with E-state index in [0.717, 1.165) is 26.3 Å². The Hall–Kier alpha value is -3.67. The third-order valence-corrected chi connectivity index (χ3v) is 6.71. The van der Waals surface area contributed by atoms with Gasteiger partial charge in [0, 0.05) is 45.4 Å². The average Bonchev–Trinajstić information content (AvgIpc) is 2.91. The molecule has 0 radical (unpaired) electrons. The largest absolute Gasteiger partial charge is 0.497 e. The summed E-state index contributed by atoms with van der Waals surface area (Å²) in [6.45, 7) is 4.26. The molecule has 1 saturated heterocycles. The molecule has 12 heteroatoms. The summed E-state index contributed by atoms with van der Waals surface area (Å²) >= 11 is 6.57. The first-order valence-electron chi connectivity index (χ1n) is 12.7. The van der Waals surface area contributed by atoms with Gasteiger partial charge in [-0.2, -0.15) is 0 Å². The lowest BCUT2D eigenvalue weighted by molar-refractivity contribution is -0.367. The molecule has 41 heavy (non-hydrogen) atoms. The van der Waals surface area contributed by atoms with Crippen molar-refractivity contribution < 1.29 is 52.3 Å². The van der Waals surface area contributed by atoms with Crippen molar-refractivity contribution in [1.82, 2.24) is 0 Å². The van der Waals surface area contributed by atoms with Crippen LogP contribution in [-0.2, 0) is 59.8 Å². The van der Waals surface area contributed by atoms with Crippen LogP contribution in [-0.4, -0.2) is 69.1 Å². The van der Waals surface area contributed by atoms with Crippen LogP contribution in [0.4, 0.5) is 0 Å². The van der Waals surface area contributed by atoms with Gasteiger partial charge in [-0.05, 0) is 41.8 Å². The molecular weight excluding hydrogens is 560 g/mol. The second kappa shape index (κ2) is 13.8. The van der Waals surface area contributed by atoms with E-state index in [1.54, 1.807) is 25.3 Å². The van der Waals surface area contributed by atoms with Crippen LogP contribution in [0.3, 0.4) is 0 Å². The van der Waals surface area contributed by atoms with Crippen LogP contribution >= 0.6 is 11.6 Å². The van der Waals surface area contributed by atoms with Crippen LogP contribution in [0.25, 0.3) is 0 Å². The maximum Gasteiger partial charge on any atom is 0.303 e. The molecule has 2 unspecified atom stereocenters. The van der Waals surface area contributed by atoms with Crippen molar-refractivity contribution in [2.45, 2.75) is 64.3 Å². The smallest absolute Gasteiger partial charge is 0.303 e. The highest BCUT2D eigenvalue weighted by atomic mass is 35.5.